The molecule has 1 amide bonds. The molecule has 6 heteroatoms. The van der Waals surface area contributed by atoms with Crippen LogP contribution in [0.2, 0.25) is 0 Å². The lowest BCUT2D eigenvalue weighted by molar-refractivity contribution is 0.0994. The molecule has 116 valence electrons. The molecule has 0 bridgehead atoms. The number of phenols is 1. The predicted molar refractivity (Wildman–Crippen MR) is 89.9 cm³/mol. The Labute approximate surface area is 138 Å². The Balaban J connectivity index is 2.36. The van der Waals surface area contributed by atoms with Gasteiger partial charge < -0.3 is 20.5 Å². The molecule has 1 atom stereocenters. The van der Waals surface area contributed by atoms with E-state index < -0.39 is 5.91 Å². The second kappa shape index (κ2) is 6.83. The normalized spacial score (nSPS) is 18.9. The van der Waals surface area contributed by atoms with E-state index in [2.05, 4.69) is 34.4 Å². The maximum absolute atomic E-state index is 11.5. The lowest BCUT2D eigenvalue weighted by Gasteiger charge is -2.24. The van der Waals surface area contributed by atoms with Crippen molar-refractivity contribution < 1.29 is 14.6 Å². The Morgan fingerprint density at radius 3 is 2.90 bits per heavy atom. The van der Waals surface area contributed by atoms with Gasteiger partial charge in [0.15, 0.2) is 0 Å². The summed E-state index contributed by atoms with van der Waals surface area (Å²) in [5.41, 5.74) is 6.39. The van der Waals surface area contributed by atoms with Crippen molar-refractivity contribution in [2.24, 2.45) is 5.73 Å². The number of primary amides is 1. The summed E-state index contributed by atoms with van der Waals surface area (Å²) in [4.78, 5) is 13.9. The largest absolute Gasteiger partial charge is 0.506 e. The van der Waals surface area contributed by atoms with Crippen molar-refractivity contribution in [1.82, 2.24) is 4.90 Å². The lowest BCUT2D eigenvalue weighted by Crippen LogP contribution is -2.31. The van der Waals surface area contributed by atoms with Crippen LogP contribution in [0.25, 0.3) is 0 Å². The number of aromatic hydroxyl groups is 1. The third-order valence-corrected chi connectivity index (χ3v) is 5.31. The molecule has 0 aromatic heterocycles. The number of benzene rings is 1. The summed E-state index contributed by atoms with van der Waals surface area (Å²) in [5.74, 6) is -0.403. The van der Waals surface area contributed by atoms with Gasteiger partial charge in [-0.2, -0.15) is 0 Å². The van der Waals surface area contributed by atoms with E-state index in [9.17, 15) is 9.90 Å². The van der Waals surface area contributed by atoms with E-state index in [0.717, 1.165) is 31.5 Å². The average molecular weight is 404 g/mol. The van der Waals surface area contributed by atoms with E-state index in [1.165, 1.54) is 13.5 Å². The molecule has 21 heavy (non-hydrogen) atoms. The highest BCUT2D eigenvalue weighted by atomic mass is 127. The van der Waals surface area contributed by atoms with Crippen LogP contribution >= 0.6 is 22.6 Å². The second-order valence-corrected chi connectivity index (χ2v) is 6.35. The third kappa shape index (κ3) is 3.26. The van der Waals surface area contributed by atoms with Crippen molar-refractivity contribution in [2.75, 3.05) is 20.2 Å². The Hall–Kier alpha value is -1.02. The molecule has 1 aliphatic rings. The molecule has 1 saturated heterocycles. The Morgan fingerprint density at radius 1 is 1.62 bits per heavy atom. The minimum Gasteiger partial charge on any atom is -0.506 e. The van der Waals surface area contributed by atoms with Gasteiger partial charge in [-0.15, -0.1) is 0 Å². The highest BCUT2D eigenvalue weighted by Crippen LogP contribution is 2.36. The van der Waals surface area contributed by atoms with E-state index in [1.54, 1.807) is 0 Å². The van der Waals surface area contributed by atoms with Crippen LogP contribution in [0.3, 0.4) is 0 Å². The van der Waals surface area contributed by atoms with Crippen LogP contribution in [0, 0.1) is 3.57 Å². The zero-order valence-electron chi connectivity index (χ0n) is 12.4. The van der Waals surface area contributed by atoms with E-state index in [-0.39, 0.29) is 11.3 Å². The van der Waals surface area contributed by atoms with Gasteiger partial charge in [0, 0.05) is 6.04 Å². The number of carbonyl (C=O) groups is 1. The van der Waals surface area contributed by atoms with Crippen LogP contribution < -0.4 is 10.5 Å². The number of likely N-dealkylation sites (tertiary alicyclic amines) is 1. The predicted octanol–water partition coefficient (Wildman–Crippen LogP) is 2.13. The molecule has 2 rings (SSSR count). The molecule has 0 spiro atoms. The molecule has 1 heterocycles. The molecule has 5 nitrogen and oxygen atoms in total. The van der Waals surface area contributed by atoms with Gasteiger partial charge in [-0.1, -0.05) is 6.92 Å². The fourth-order valence-corrected chi connectivity index (χ4v) is 3.66. The summed E-state index contributed by atoms with van der Waals surface area (Å²) in [7, 11) is 1.48. The minimum atomic E-state index is -0.676. The van der Waals surface area contributed by atoms with Gasteiger partial charge in [0.05, 0.1) is 10.7 Å². The zero-order chi connectivity index (χ0) is 15.6. The molecular formula is C15H21IN2O3. The number of carbonyl (C=O) groups excluding carboxylic acids is 1. The molecule has 0 radical (unpaired) electrons. The smallest absolute Gasteiger partial charge is 0.256 e. The molecule has 0 aliphatic carbocycles. The number of hydrogen-bond acceptors (Lipinski definition) is 4. The monoisotopic (exact) mass is 404 g/mol. The zero-order valence-corrected chi connectivity index (χ0v) is 14.5. The van der Waals surface area contributed by atoms with Crippen molar-refractivity contribution in [2.45, 2.75) is 32.2 Å². The SMILES string of the molecule is CCN1CCCC1Cc1cc(OC)c(C(N)=O)c(O)c1I. The number of halogens is 1. The number of rotatable bonds is 5. The van der Waals surface area contributed by atoms with E-state index in [0.29, 0.717) is 15.4 Å². The van der Waals surface area contributed by atoms with Crippen molar-refractivity contribution in [3.05, 3.63) is 20.8 Å². The van der Waals surface area contributed by atoms with Crippen LogP contribution in [0.15, 0.2) is 6.07 Å². The summed E-state index contributed by atoms with van der Waals surface area (Å²) in [6, 6.07) is 2.31. The highest BCUT2D eigenvalue weighted by Gasteiger charge is 2.26. The van der Waals surface area contributed by atoms with Crippen molar-refractivity contribution >= 4 is 28.5 Å². The number of amides is 1. The minimum absolute atomic E-state index is 0.0596. The maximum Gasteiger partial charge on any atom is 0.256 e. The van der Waals surface area contributed by atoms with Crippen molar-refractivity contribution in [3.8, 4) is 11.5 Å². The van der Waals surface area contributed by atoms with Crippen LogP contribution in [0.5, 0.6) is 11.5 Å². The van der Waals surface area contributed by atoms with Crippen molar-refractivity contribution in [1.29, 1.82) is 0 Å². The molecule has 3 N–H and O–H groups in total. The fraction of sp³-hybridized carbons (Fsp3) is 0.533. The molecule has 1 aliphatic heterocycles. The van der Waals surface area contributed by atoms with Gasteiger partial charge in [-0.25, -0.2) is 0 Å². The maximum atomic E-state index is 11.5. The molecule has 1 aromatic rings. The lowest BCUT2D eigenvalue weighted by atomic mass is 10.0. The first-order valence-corrected chi connectivity index (χ1v) is 8.19. The van der Waals surface area contributed by atoms with E-state index in [4.69, 9.17) is 10.5 Å². The summed E-state index contributed by atoms with van der Waals surface area (Å²) < 4.78 is 5.91. The van der Waals surface area contributed by atoms with Crippen LogP contribution in [0.1, 0.15) is 35.7 Å². The molecule has 1 unspecified atom stereocenters. The topological polar surface area (TPSA) is 75.8 Å². The number of nitrogens with two attached hydrogens (primary N) is 1. The van der Waals surface area contributed by atoms with Crippen molar-refractivity contribution in [3.63, 3.8) is 0 Å². The summed E-state index contributed by atoms with van der Waals surface area (Å²) in [6.07, 6.45) is 3.21. The third-order valence-electron chi connectivity index (χ3n) is 4.11. The van der Waals surface area contributed by atoms with E-state index in [1.807, 2.05) is 6.07 Å². The van der Waals surface area contributed by atoms with Gasteiger partial charge in [0.1, 0.15) is 17.1 Å². The van der Waals surface area contributed by atoms with Crippen LogP contribution in [-0.2, 0) is 6.42 Å². The Morgan fingerprint density at radius 2 is 2.33 bits per heavy atom. The van der Waals surface area contributed by atoms with E-state index >= 15 is 0 Å². The molecule has 1 fully saturated rings. The van der Waals surface area contributed by atoms with Gasteiger partial charge in [0.25, 0.3) is 5.91 Å². The van der Waals surface area contributed by atoms with Gasteiger partial charge in [0.2, 0.25) is 0 Å². The summed E-state index contributed by atoms with van der Waals surface area (Å²) in [5, 5.41) is 10.3. The number of methoxy groups -OCH3 is 1. The Bertz CT molecular complexity index is 548. The summed E-state index contributed by atoms with van der Waals surface area (Å²) in [6.45, 7) is 4.32. The molecule has 1 aromatic carbocycles. The van der Waals surface area contributed by atoms with Crippen LogP contribution in [-0.4, -0.2) is 42.2 Å². The number of likely N-dealkylation sites (N-methyl/N-ethyl adjacent to an activating group) is 1. The first-order chi connectivity index (χ1) is 9.99. The summed E-state index contributed by atoms with van der Waals surface area (Å²) >= 11 is 2.07. The first-order valence-electron chi connectivity index (χ1n) is 7.11. The highest BCUT2D eigenvalue weighted by molar-refractivity contribution is 14.1. The standard InChI is InChI=1S/C15H21IN2O3/c1-3-18-6-4-5-10(18)7-9-8-11(21-2)12(15(17)20)14(19)13(9)16/h8,10,19H,3-7H2,1-2H3,(H2,17,20). The first kappa shape index (κ1) is 16.4. The molecular weight excluding hydrogens is 383 g/mol. The van der Waals surface area contributed by atoms with Crippen LogP contribution in [0.4, 0.5) is 0 Å². The van der Waals surface area contributed by atoms with Gasteiger partial charge in [-0.3, -0.25) is 4.79 Å². The second-order valence-electron chi connectivity index (χ2n) is 5.27. The fourth-order valence-electron chi connectivity index (χ4n) is 3.02. The molecule has 0 saturated carbocycles. The Kier molecular flexibility index (Phi) is 5.32. The average Bonchev–Trinajstić information content (AvgIpc) is 2.90. The number of ether oxygens (including phenoxy) is 1. The van der Waals surface area contributed by atoms with Gasteiger partial charge >= 0.3 is 0 Å². The number of nitrogens with zero attached hydrogens (tertiary/aromatic N) is 1. The quantitative estimate of drug-likeness (QED) is 0.738. The number of hydrogen-bond donors (Lipinski definition) is 2. The van der Waals surface area contributed by atoms with Gasteiger partial charge in [-0.05, 0) is 66.6 Å².